The number of pyridine rings is 1. The van der Waals surface area contributed by atoms with Crippen LogP contribution in [0.3, 0.4) is 0 Å². The number of carbonyl (C=O) groups excluding carboxylic acids is 1. The van der Waals surface area contributed by atoms with E-state index in [-0.39, 0.29) is 5.91 Å². The molecule has 0 aliphatic carbocycles. The Morgan fingerprint density at radius 2 is 1.93 bits per heavy atom. The second-order valence-corrected chi connectivity index (χ2v) is 6.07. The van der Waals surface area contributed by atoms with E-state index in [1.54, 1.807) is 31.5 Å². The zero-order chi connectivity index (χ0) is 19.8. The van der Waals surface area contributed by atoms with Gasteiger partial charge in [-0.1, -0.05) is 30.3 Å². The molecule has 28 heavy (non-hydrogen) atoms. The zero-order valence-corrected chi connectivity index (χ0v) is 15.8. The van der Waals surface area contributed by atoms with Crippen LogP contribution in [0.1, 0.15) is 27.2 Å². The van der Waals surface area contributed by atoms with Gasteiger partial charge >= 0.3 is 0 Å². The van der Waals surface area contributed by atoms with Gasteiger partial charge in [0.2, 0.25) is 0 Å². The largest absolute Gasteiger partial charge is 0.493 e. The summed E-state index contributed by atoms with van der Waals surface area (Å²) in [4.78, 5) is 16.1. The molecule has 3 aromatic rings. The van der Waals surface area contributed by atoms with Crippen LogP contribution in [0.25, 0.3) is 0 Å². The number of rotatable bonds is 7. The molecule has 0 aliphatic heterocycles. The lowest BCUT2D eigenvalue weighted by Crippen LogP contribution is -2.17. The van der Waals surface area contributed by atoms with Crippen molar-refractivity contribution in [2.45, 2.75) is 13.5 Å². The Morgan fingerprint density at radius 1 is 1.11 bits per heavy atom. The molecule has 6 nitrogen and oxygen atoms in total. The van der Waals surface area contributed by atoms with Crippen molar-refractivity contribution in [3.63, 3.8) is 0 Å². The molecule has 0 bridgehead atoms. The number of hydrogen-bond acceptors (Lipinski definition) is 5. The minimum Gasteiger partial charge on any atom is -0.493 e. The molecular weight excluding hydrogens is 354 g/mol. The average Bonchev–Trinajstić information content (AvgIpc) is 2.73. The number of benzene rings is 2. The summed E-state index contributed by atoms with van der Waals surface area (Å²) in [5.41, 5.74) is 5.62. The Bertz CT molecular complexity index is 955. The lowest BCUT2D eigenvalue weighted by molar-refractivity contribution is 0.0955. The van der Waals surface area contributed by atoms with Crippen molar-refractivity contribution in [1.82, 2.24) is 10.4 Å². The number of methoxy groups -OCH3 is 1. The van der Waals surface area contributed by atoms with Crippen LogP contribution >= 0.6 is 0 Å². The van der Waals surface area contributed by atoms with Gasteiger partial charge in [0.25, 0.3) is 5.91 Å². The van der Waals surface area contributed by atoms with Crippen molar-refractivity contribution in [2.75, 3.05) is 7.11 Å². The van der Waals surface area contributed by atoms with Gasteiger partial charge in [-0.15, -0.1) is 0 Å². The Labute approximate surface area is 163 Å². The van der Waals surface area contributed by atoms with Gasteiger partial charge < -0.3 is 9.47 Å². The summed E-state index contributed by atoms with van der Waals surface area (Å²) < 4.78 is 11.2. The first-order chi connectivity index (χ1) is 13.7. The van der Waals surface area contributed by atoms with E-state index in [4.69, 9.17) is 9.47 Å². The summed E-state index contributed by atoms with van der Waals surface area (Å²) in [5, 5.41) is 3.99. The van der Waals surface area contributed by atoms with Gasteiger partial charge in [-0.2, -0.15) is 5.10 Å². The lowest BCUT2D eigenvalue weighted by Gasteiger charge is -2.11. The highest BCUT2D eigenvalue weighted by atomic mass is 16.5. The fourth-order valence-electron chi connectivity index (χ4n) is 2.45. The van der Waals surface area contributed by atoms with Crippen LogP contribution in [-0.4, -0.2) is 24.2 Å². The number of hydrazone groups is 1. The highest BCUT2D eigenvalue weighted by molar-refractivity contribution is 5.94. The molecule has 2 aromatic carbocycles. The second-order valence-electron chi connectivity index (χ2n) is 6.07. The molecule has 0 radical (unpaired) electrons. The van der Waals surface area contributed by atoms with Crippen molar-refractivity contribution >= 4 is 12.1 Å². The van der Waals surface area contributed by atoms with E-state index in [0.717, 1.165) is 16.8 Å². The summed E-state index contributed by atoms with van der Waals surface area (Å²) in [6.45, 7) is 2.31. The Hall–Kier alpha value is -3.67. The number of aryl methyl sites for hydroxylation is 1. The molecule has 6 heteroatoms. The van der Waals surface area contributed by atoms with Gasteiger partial charge in [-0.25, -0.2) is 5.43 Å². The molecule has 1 amide bonds. The van der Waals surface area contributed by atoms with Crippen LogP contribution in [0.4, 0.5) is 0 Å². The third-order valence-corrected chi connectivity index (χ3v) is 3.98. The Kier molecular flexibility index (Phi) is 6.36. The van der Waals surface area contributed by atoms with Crippen molar-refractivity contribution in [1.29, 1.82) is 0 Å². The number of hydrogen-bond donors (Lipinski definition) is 1. The van der Waals surface area contributed by atoms with Crippen LogP contribution < -0.4 is 14.9 Å². The van der Waals surface area contributed by atoms with Crippen LogP contribution in [0.15, 0.2) is 72.0 Å². The summed E-state index contributed by atoms with van der Waals surface area (Å²) in [5.74, 6) is 0.908. The Balaban J connectivity index is 1.61. The molecule has 1 aromatic heterocycles. The predicted molar refractivity (Wildman–Crippen MR) is 108 cm³/mol. The summed E-state index contributed by atoms with van der Waals surface area (Å²) in [6.07, 6.45) is 3.06. The van der Waals surface area contributed by atoms with E-state index >= 15 is 0 Å². The summed E-state index contributed by atoms with van der Waals surface area (Å²) in [6, 6.07) is 18.8. The van der Waals surface area contributed by atoms with Gasteiger partial charge in [0.05, 0.1) is 18.9 Å². The molecule has 0 unspecified atom stereocenters. The minimum absolute atomic E-state index is 0.321. The Morgan fingerprint density at radius 3 is 2.64 bits per heavy atom. The van der Waals surface area contributed by atoms with E-state index in [0.29, 0.717) is 23.7 Å². The van der Waals surface area contributed by atoms with Crippen molar-refractivity contribution in [3.8, 4) is 11.5 Å². The third-order valence-electron chi connectivity index (χ3n) is 3.98. The third kappa shape index (κ3) is 5.17. The molecule has 0 saturated carbocycles. The fourth-order valence-corrected chi connectivity index (χ4v) is 2.45. The normalized spacial score (nSPS) is 10.6. The van der Waals surface area contributed by atoms with E-state index in [1.165, 1.54) is 6.20 Å². The summed E-state index contributed by atoms with van der Waals surface area (Å²) >= 11 is 0. The maximum absolute atomic E-state index is 12.0. The number of nitrogens with one attached hydrogen (secondary N) is 1. The van der Waals surface area contributed by atoms with Crippen LogP contribution in [0.2, 0.25) is 0 Å². The first-order valence-electron chi connectivity index (χ1n) is 8.76. The van der Waals surface area contributed by atoms with Gasteiger partial charge in [0, 0.05) is 11.9 Å². The smallest absolute Gasteiger partial charge is 0.272 e. The van der Waals surface area contributed by atoms with E-state index in [2.05, 4.69) is 15.5 Å². The molecule has 142 valence electrons. The van der Waals surface area contributed by atoms with E-state index < -0.39 is 0 Å². The number of nitrogens with zero attached hydrogens (tertiary/aromatic N) is 2. The van der Waals surface area contributed by atoms with Gasteiger partial charge in [-0.05, 0) is 48.4 Å². The highest BCUT2D eigenvalue weighted by Crippen LogP contribution is 2.28. The first-order valence-corrected chi connectivity index (χ1v) is 8.76. The molecule has 0 fully saturated rings. The second kappa shape index (κ2) is 9.32. The molecule has 0 saturated heterocycles. The molecule has 1 heterocycles. The number of aromatic nitrogens is 1. The standard InChI is InChI=1S/C22H21N3O3/c1-16-8-10-19(14-23-16)22(26)25-24-13-18-9-11-20(21(12-18)27-2)28-15-17-6-4-3-5-7-17/h3-14H,15H2,1-2H3,(H,25,26). The SMILES string of the molecule is COc1cc(C=NNC(=O)c2ccc(C)nc2)ccc1OCc1ccccc1. The molecule has 3 rings (SSSR count). The number of ether oxygens (including phenoxy) is 2. The average molecular weight is 375 g/mol. The molecule has 1 N–H and O–H groups in total. The molecule has 0 aliphatic rings. The van der Waals surface area contributed by atoms with Crippen molar-refractivity contribution in [3.05, 3.63) is 89.2 Å². The van der Waals surface area contributed by atoms with E-state index in [9.17, 15) is 4.79 Å². The fraction of sp³-hybridized carbons (Fsp3) is 0.136. The van der Waals surface area contributed by atoms with Crippen LogP contribution in [-0.2, 0) is 6.61 Å². The van der Waals surface area contributed by atoms with Gasteiger partial charge in [0.1, 0.15) is 6.61 Å². The molecule has 0 spiro atoms. The molecule has 0 atom stereocenters. The lowest BCUT2D eigenvalue weighted by atomic mass is 10.2. The predicted octanol–water partition coefficient (Wildman–Crippen LogP) is 3.74. The monoisotopic (exact) mass is 375 g/mol. The maximum Gasteiger partial charge on any atom is 0.272 e. The maximum atomic E-state index is 12.0. The molecular formula is C22H21N3O3. The number of amides is 1. The quantitative estimate of drug-likeness (QED) is 0.504. The first kappa shape index (κ1) is 19.1. The van der Waals surface area contributed by atoms with Gasteiger partial charge in [-0.3, -0.25) is 9.78 Å². The van der Waals surface area contributed by atoms with E-state index in [1.807, 2.05) is 49.4 Å². The van der Waals surface area contributed by atoms with Crippen molar-refractivity contribution in [2.24, 2.45) is 5.10 Å². The topological polar surface area (TPSA) is 72.8 Å². The minimum atomic E-state index is -0.321. The number of carbonyl (C=O) groups is 1. The van der Waals surface area contributed by atoms with Crippen molar-refractivity contribution < 1.29 is 14.3 Å². The van der Waals surface area contributed by atoms with Crippen LogP contribution in [0, 0.1) is 6.92 Å². The van der Waals surface area contributed by atoms with Crippen LogP contribution in [0.5, 0.6) is 11.5 Å². The van der Waals surface area contributed by atoms with Gasteiger partial charge in [0.15, 0.2) is 11.5 Å². The summed E-state index contributed by atoms with van der Waals surface area (Å²) in [7, 11) is 1.58. The zero-order valence-electron chi connectivity index (χ0n) is 15.8. The highest BCUT2D eigenvalue weighted by Gasteiger charge is 2.06.